The van der Waals surface area contributed by atoms with E-state index in [1.807, 2.05) is 0 Å². The Morgan fingerprint density at radius 3 is 2.12 bits per heavy atom. The van der Waals surface area contributed by atoms with Crippen LogP contribution in [0.1, 0.15) is 48.0 Å². The quantitative estimate of drug-likeness (QED) is 0.800. The average molecular weight is 240 g/mol. The van der Waals surface area contributed by atoms with Gasteiger partial charge in [-0.25, -0.2) is 0 Å². The summed E-state index contributed by atoms with van der Waals surface area (Å²) in [5.41, 5.74) is 0. The monoisotopic (exact) mass is 240 g/mol. The van der Waals surface area contributed by atoms with Gasteiger partial charge in [0.15, 0.2) is 0 Å². The molecule has 0 radical (unpaired) electrons. The minimum atomic E-state index is 0.0116. The van der Waals surface area contributed by atoms with Crippen LogP contribution in [0.15, 0.2) is 0 Å². The Morgan fingerprint density at radius 1 is 1.12 bits per heavy atom. The van der Waals surface area contributed by atoms with Crippen LogP contribution in [-0.2, 0) is 4.79 Å². The van der Waals surface area contributed by atoms with Crippen LogP contribution in [0.25, 0.3) is 0 Å². The van der Waals surface area contributed by atoms with Crippen molar-refractivity contribution in [2.24, 2.45) is 17.8 Å². The van der Waals surface area contributed by atoms with Gasteiger partial charge in [0.25, 0.3) is 0 Å². The highest BCUT2D eigenvalue weighted by atomic mass is 16.2. The molecule has 3 heteroatoms. The smallest absolute Gasteiger partial charge is 0.241 e. The van der Waals surface area contributed by atoms with Crippen molar-refractivity contribution in [1.29, 1.82) is 0 Å². The number of rotatable bonds is 5. The summed E-state index contributed by atoms with van der Waals surface area (Å²) in [6, 6.07) is 0.0116. The second kappa shape index (κ2) is 5.85. The minimum absolute atomic E-state index is 0.0116. The van der Waals surface area contributed by atoms with Crippen molar-refractivity contribution in [3.05, 3.63) is 0 Å². The fourth-order valence-electron chi connectivity index (χ4n) is 2.43. The van der Waals surface area contributed by atoms with Crippen LogP contribution in [0.3, 0.4) is 0 Å². The maximum Gasteiger partial charge on any atom is 0.241 e. The van der Waals surface area contributed by atoms with Gasteiger partial charge in [-0.15, -0.1) is 0 Å². The summed E-state index contributed by atoms with van der Waals surface area (Å²) in [6.07, 6.45) is 1.28. The van der Waals surface area contributed by atoms with E-state index in [0.29, 0.717) is 23.7 Å². The maximum absolute atomic E-state index is 12.3. The van der Waals surface area contributed by atoms with E-state index >= 15 is 0 Å². The van der Waals surface area contributed by atoms with E-state index in [0.717, 1.165) is 13.0 Å². The molecule has 0 saturated carbocycles. The van der Waals surface area contributed by atoms with Crippen molar-refractivity contribution in [3.8, 4) is 0 Å². The lowest BCUT2D eigenvalue weighted by atomic mass is 10.0. The second-order valence-electron chi connectivity index (χ2n) is 6.42. The maximum atomic E-state index is 12.3. The number of hydrogen-bond donors (Lipinski definition) is 1. The molecule has 0 bridgehead atoms. The van der Waals surface area contributed by atoms with Crippen molar-refractivity contribution in [2.75, 3.05) is 6.54 Å². The number of nitrogens with zero attached hydrogens (tertiary/aromatic N) is 1. The van der Waals surface area contributed by atoms with E-state index in [2.05, 4.69) is 51.8 Å². The van der Waals surface area contributed by atoms with Crippen molar-refractivity contribution in [3.63, 3.8) is 0 Å². The minimum Gasteiger partial charge on any atom is -0.326 e. The van der Waals surface area contributed by atoms with Crippen molar-refractivity contribution in [1.82, 2.24) is 10.2 Å². The predicted molar refractivity (Wildman–Crippen MR) is 71.6 cm³/mol. The third-order valence-electron chi connectivity index (χ3n) is 3.22. The van der Waals surface area contributed by atoms with Crippen LogP contribution in [0.5, 0.6) is 0 Å². The number of carbonyl (C=O) groups excluding carboxylic acids is 1. The van der Waals surface area contributed by atoms with Gasteiger partial charge < -0.3 is 4.90 Å². The first-order chi connectivity index (χ1) is 7.82. The first-order valence-electron chi connectivity index (χ1n) is 6.89. The fraction of sp³-hybridized carbons (Fsp3) is 0.929. The summed E-state index contributed by atoms with van der Waals surface area (Å²) in [4.78, 5) is 14.4. The van der Waals surface area contributed by atoms with Gasteiger partial charge in [-0.05, 0) is 24.2 Å². The van der Waals surface area contributed by atoms with Gasteiger partial charge in [-0.3, -0.25) is 10.1 Å². The molecule has 1 fully saturated rings. The zero-order valence-corrected chi connectivity index (χ0v) is 12.2. The number of nitrogens with one attached hydrogen (secondary N) is 1. The molecule has 0 aromatic rings. The topological polar surface area (TPSA) is 32.3 Å². The highest BCUT2D eigenvalue weighted by Gasteiger charge is 2.40. The molecule has 100 valence electrons. The molecule has 1 aliphatic rings. The Bertz CT molecular complexity index is 261. The summed E-state index contributed by atoms with van der Waals surface area (Å²) in [7, 11) is 0. The molecule has 17 heavy (non-hydrogen) atoms. The third-order valence-corrected chi connectivity index (χ3v) is 3.22. The highest BCUT2D eigenvalue weighted by Crippen LogP contribution is 2.22. The van der Waals surface area contributed by atoms with E-state index in [-0.39, 0.29) is 12.2 Å². The fourth-order valence-corrected chi connectivity index (χ4v) is 2.43. The lowest BCUT2D eigenvalue weighted by Gasteiger charge is -2.27. The normalized spacial score (nSPS) is 25.7. The third kappa shape index (κ3) is 3.70. The molecule has 1 heterocycles. The van der Waals surface area contributed by atoms with Crippen LogP contribution in [0.2, 0.25) is 0 Å². The van der Waals surface area contributed by atoms with Crippen LogP contribution < -0.4 is 5.32 Å². The molecule has 0 aromatic heterocycles. The average Bonchev–Trinajstić information content (AvgIpc) is 2.44. The summed E-state index contributed by atoms with van der Waals surface area (Å²) in [6.45, 7) is 13.9. The Hall–Kier alpha value is -0.570. The van der Waals surface area contributed by atoms with Gasteiger partial charge in [0.1, 0.15) is 0 Å². The van der Waals surface area contributed by atoms with E-state index in [4.69, 9.17) is 0 Å². The Kier molecular flexibility index (Phi) is 4.99. The molecule has 0 aliphatic carbocycles. The summed E-state index contributed by atoms with van der Waals surface area (Å²) in [5.74, 6) is 1.80. The molecule has 1 aliphatic heterocycles. The van der Waals surface area contributed by atoms with Gasteiger partial charge in [-0.1, -0.05) is 41.5 Å². The molecule has 0 spiro atoms. The zero-order valence-electron chi connectivity index (χ0n) is 12.2. The Labute approximate surface area is 106 Å². The van der Waals surface area contributed by atoms with Gasteiger partial charge in [-0.2, -0.15) is 0 Å². The predicted octanol–water partition coefficient (Wildman–Crippen LogP) is 2.47. The molecule has 2 unspecified atom stereocenters. The second-order valence-corrected chi connectivity index (χ2v) is 6.42. The number of amides is 1. The van der Waals surface area contributed by atoms with Crippen molar-refractivity contribution in [2.45, 2.75) is 60.2 Å². The molecule has 1 rings (SSSR count). The Morgan fingerprint density at radius 2 is 1.71 bits per heavy atom. The van der Waals surface area contributed by atoms with Crippen LogP contribution >= 0.6 is 0 Å². The SMILES string of the molecule is CC(C)CC1NC(C(C)C)C(=O)N1CC(C)C. The molecule has 1 saturated heterocycles. The van der Waals surface area contributed by atoms with Gasteiger partial charge in [0, 0.05) is 6.54 Å². The summed E-state index contributed by atoms with van der Waals surface area (Å²) >= 11 is 0. The molecular formula is C14H28N2O. The van der Waals surface area contributed by atoms with E-state index in [1.165, 1.54) is 0 Å². The molecule has 3 nitrogen and oxygen atoms in total. The van der Waals surface area contributed by atoms with E-state index in [9.17, 15) is 4.79 Å². The number of hydrogen-bond acceptors (Lipinski definition) is 2. The lowest BCUT2D eigenvalue weighted by Crippen LogP contribution is -2.40. The molecular weight excluding hydrogens is 212 g/mol. The molecule has 1 amide bonds. The van der Waals surface area contributed by atoms with Crippen LogP contribution in [0.4, 0.5) is 0 Å². The first-order valence-corrected chi connectivity index (χ1v) is 6.89. The number of carbonyl (C=O) groups is 1. The van der Waals surface area contributed by atoms with Crippen LogP contribution in [0, 0.1) is 17.8 Å². The van der Waals surface area contributed by atoms with Gasteiger partial charge in [0.2, 0.25) is 5.91 Å². The van der Waals surface area contributed by atoms with Crippen molar-refractivity contribution >= 4 is 5.91 Å². The van der Waals surface area contributed by atoms with E-state index in [1.54, 1.807) is 0 Å². The first kappa shape index (κ1) is 14.5. The standard InChI is InChI=1S/C14H28N2O/c1-9(2)7-12-15-13(11(5)6)14(17)16(12)8-10(3)4/h9-13,15H,7-8H2,1-6H3. The van der Waals surface area contributed by atoms with Crippen molar-refractivity contribution < 1.29 is 4.79 Å². The largest absolute Gasteiger partial charge is 0.326 e. The van der Waals surface area contributed by atoms with Crippen LogP contribution in [-0.4, -0.2) is 29.6 Å². The van der Waals surface area contributed by atoms with Gasteiger partial charge in [0.05, 0.1) is 12.2 Å². The molecule has 0 aromatic carbocycles. The van der Waals surface area contributed by atoms with E-state index < -0.39 is 0 Å². The summed E-state index contributed by atoms with van der Waals surface area (Å²) in [5, 5.41) is 3.50. The lowest BCUT2D eigenvalue weighted by molar-refractivity contribution is -0.131. The Balaban J connectivity index is 2.76. The zero-order chi connectivity index (χ0) is 13.2. The van der Waals surface area contributed by atoms with Gasteiger partial charge >= 0.3 is 0 Å². The molecule has 1 N–H and O–H groups in total. The summed E-state index contributed by atoms with van der Waals surface area (Å²) < 4.78 is 0. The highest BCUT2D eigenvalue weighted by molar-refractivity contribution is 5.84. The molecule has 2 atom stereocenters.